The number of fused-ring (bicyclic) bond motifs is 1. The van der Waals surface area contributed by atoms with Crippen molar-refractivity contribution < 1.29 is 4.79 Å². The molecule has 0 radical (unpaired) electrons. The SMILES string of the molecule is O=C(CSc1nc2c(cnn2-c2ccc(Cl)cc2)c(=O)[nH]1)Nc1nccs1. The van der Waals surface area contributed by atoms with Crippen molar-refractivity contribution in [2.75, 3.05) is 11.1 Å². The summed E-state index contributed by atoms with van der Waals surface area (Å²) < 4.78 is 1.56. The Bertz CT molecular complexity index is 1150. The molecule has 0 saturated heterocycles. The third-order valence-electron chi connectivity index (χ3n) is 3.51. The molecule has 4 aromatic rings. The highest BCUT2D eigenvalue weighted by Crippen LogP contribution is 2.19. The monoisotopic (exact) mass is 418 g/mol. The number of anilines is 1. The number of H-pyrrole nitrogens is 1. The van der Waals surface area contributed by atoms with Crippen LogP contribution in [0.5, 0.6) is 0 Å². The molecule has 0 bridgehead atoms. The van der Waals surface area contributed by atoms with Crippen LogP contribution in [-0.2, 0) is 4.79 Å². The molecule has 2 N–H and O–H groups in total. The summed E-state index contributed by atoms with van der Waals surface area (Å²) in [6.07, 6.45) is 3.07. The fraction of sp³-hybridized carbons (Fsp3) is 0.0625. The first-order valence-electron chi connectivity index (χ1n) is 7.66. The molecule has 136 valence electrons. The minimum atomic E-state index is -0.317. The van der Waals surface area contributed by atoms with E-state index in [1.807, 2.05) is 0 Å². The van der Waals surface area contributed by atoms with Crippen LogP contribution in [0.25, 0.3) is 16.7 Å². The van der Waals surface area contributed by atoms with Gasteiger partial charge in [-0.3, -0.25) is 9.59 Å². The normalized spacial score (nSPS) is 11.0. The average molecular weight is 419 g/mol. The van der Waals surface area contributed by atoms with Gasteiger partial charge in [0.05, 0.1) is 17.6 Å². The number of benzene rings is 1. The first-order valence-corrected chi connectivity index (χ1v) is 9.90. The Labute approximate surface area is 165 Å². The zero-order valence-corrected chi connectivity index (χ0v) is 15.9. The summed E-state index contributed by atoms with van der Waals surface area (Å²) in [7, 11) is 0. The maximum Gasteiger partial charge on any atom is 0.262 e. The van der Waals surface area contributed by atoms with Crippen LogP contribution in [-0.4, -0.2) is 36.4 Å². The van der Waals surface area contributed by atoms with Crippen molar-refractivity contribution in [2.24, 2.45) is 0 Å². The minimum Gasteiger partial charge on any atom is -0.301 e. The minimum absolute atomic E-state index is 0.0864. The fourth-order valence-electron chi connectivity index (χ4n) is 2.31. The van der Waals surface area contributed by atoms with Gasteiger partial charge in [0.1, 0.15) is 5.39 Å². The second-order valence-corrected chi connectivity index (χ2v) is 7.61. The van der Waals surface area contributed by atoms with E-state index in [0.717, 1.165) is 17.4 Å². The smallest absolute Gasteiger partial charge is 0.262 e. The second-order valence-electron chi connectivity index (χ2n) is 5.32. The molecule has 0 spiro atoms. The summed E-state index contributed by atoms with van der Waals surface area (Å²) in [5.74, 6) is -0.146. The van der Waals surface area contributed by atoms with Crippen LogP contribution in [0.15, 0.2) is 52.0 Å². The molecule has 1 aromatic carbocycles. The standard InChI is InChI=1S/C16H11ClN6O2S2/c17-9-1-3-10(4-2-9)23-13-11(7-19-23)14(25)22-16(21-13)27-8-12(24)20-15-18-5-6-26-15/h1-7H,8H2,(H,18,20,24)(H,21,22,25). The quantitative estimate of drug-likeness (QED) is 0.381. The summed E-state index contributed by atoms with van der Waals surface area (Å²) in [5, 5.41) is 10.5. The number of nitrogens with zero attached hydrogens (tertiary/aromatic N) is 4. The van der Waals surface area contributed by atoms with Gasteiger partial charge >= 0.3 is 0 Å². The maximum atomic E-state index is 12.3. The summed E-state index contributed by atoms with van der Waals surface area (Å²) in [5.41, 5.74) is 0.817. The highest BCUT2D eigenvalue weighted by atomic mass is 35.5. The van der Waals surface area contributed by atoms with Crippen molar-refractivity contribution in [3.63, 3.8) is 0 Å². The number of aromatic nitrogens is 5. The van der Waals surface area contributed by atoms with Crippen molar-refractivity contribution >= 4 is 56.8 Å². The Kier molecular flexibility index (Phi) is 4.92. The van der Waals surface area contributed by atoms with Crippen LogP contribution < -0.4 is 10.9 Å². The van der Waals surface area contributed by atoms with Crippen LogP contribution in [0.1, 0.15) is 0 Å². The van der Waals surface area contributed by atoms with Crippen molar-refractivity contribution in [1.29, 1.82) is 0 Å². The molecule has 3 aromatic heterocycles. The lowest BCUT2D eigenvalue weighted by Crippen LogP contribution is -2.15. The first-order chi connectivity index (χ1) is 13.1. The van der Waals surface area contributed by atoms with Crippen LogP contribution in [0.4, 0.5) is 5.13 Å². The largest absolute Gasteiger partial charge is 0.301 e. The van der Waals surface area contributed by atoms with Gasteiger partial charge in [-0.15, -0.1) is 11.3 Å². The van der Waals surface area contributed by atoms with Crippen LogP contribution in [0.2, 0.25) is 5.02 Å². The second kappa shape index (κ2) is 7.51. The third-order valence-corrected chi connectivity index (χ3v) is 5.32. The summed E-state index contributed by atoms with van der Waals surface area (Å²) in [6, 6.07) is 7.03. The predicted molar refractivity (Wildman–Crippen MR) is 106 cm³/mol. The van der Waals surface area contributed by atoms with Crippen molar-refractivity contribution in [3.8, 4) is 5.69 Å². The zero-order chi connectivity index (χ0) is 18.8. The molecule has 11 heteroatoms. The molecule has 0 aliphatic carbocycles. The molecule has 8 nitrogen and oxygen atoms in total. The maximum absolute atomic E-state index is 12.3. The van der Waals surface area contributed by atoms with E-state index in [4.69, 9.17) is 11.6 Å². The van der Waals surface area contributed by atoms with Gasteiger partial charge < -0.3 is 10.3 Å². The van der Waals surface area contributed by atoms with Gasteiger partial charge in [0.15, 0.2) is 15.9 Å². The number of carbonyl (C=O) groups excluding carboxylic acids is 1. The van der Waals surface area contributed by atoms with E-state index in [2.05, 4.69) is 25.4 Å². The molecule has 0 saturated carbocycles. The highest BCUT2D eigenvalue weighted by molar-refractivity contribution is 7.99. The van der Waals surface area contributed by atoms with E-state index in [1.165, 1.54) is 17.5 Å². The van der Waals surface area contributed by atoms with Crippen molar-refractivity contribution in [1.82, 2.24) is 24.7 Å². The van der Waals surface area contributed by atoms with Gasteiger partial charge in [-0.2, -0.15) is 5.10 Å². The topological polar surface area (TPSA) is 106 Å². The number of rotatable bonds is 5. The average Bonchev–Trinajstić information content (AvgIpc) is 3.31. The lowest BCUT2D eigenvalue weighted by atomic mass is 10.3. The molecule has 0 unspecified atom stereocenters. The molecule has 3 heterocycles. The van der Waals surface area contributed by atoms with Crippen LogP contribution in [0.3, 0.4) is 0 Å². The molecule has 0 aliphatic rings. The Balaban J connectivity index is 1.58. The number of nitrogens with one attached hydrogen (secondary N) is 2. The molecular weight excluding hydrogens is 408 g/mol. The number of hydrogen-bond donors (Lipinski definition) is 2. The van der Waals surface area contributed by atoms with Gasteiger partial charge in [0.25, 0.3) is 5.56 Å². The number of thiazole rings is 1. The van der Waals surface area contributed by atoms with Gasteiger partial charge in [0.2, 0.25) is 5.91 Å². The number of carbonyl (C=O) groups is 1. The lowest BCUT2D eigenvalue weighted by molar-refractivity contribution is -0.113. The van der Waals surface area contributed by atoms with Gasteiger partial charge in [-0.05, 0) is 24.3 Å². The Morgan fingerprint density at radius 2 is 2.15 bits per heavy atom. The van der Waals surface area contributed by atoms with Crippen LogP contribution in [0, 0.1) is 0 Å². The van der Waals surface area contributed by atoms with E-state index in [9.17, 15) is 9.59 Å². The highest BCUT2D eigenvalue weighted by Gasteiger charge is 2.13. The number of hydrogen-bond acceptors (Lipinski definition) is 7. The third kappa shape index (κ3) is 3.87. The molecular formula is C16H11ClN6O2S2. The summed E-state index contributed by atoms with van der Waals surface area (Å²) >= 11 is 8.38. The fourth-order valence-corrected chi connectivity index (χ4v) is 3.64. The van der Waals surface area contributed by atoms with Crippen molar-refractivity contribution in [2.45, 2.75) is 5.16 Å². The van der Waals surface area contributed by atoms with E-state index in [0.29, 0.717) is 26.3 Å². The van der Waals surface area contributed by atoms with E-state index >= 15 is 0 Å². The molecule has 1 amide bonds. The molecule has 0 atom stereocenters. The molecule has 0 aliphatic heterocycles. The molecule has 27 heavy (non-hydrogen) atoms. The van der Waals surface area contributed by atoms with Crippen molar-refractivity contribution in [3.05, 3.63) is 57.4 Å². The Morgan fingerprint density at radius 1 is 1.33 bits per heavy atom. The zero-order valence-electron chi connectivity index (χ0n) is 13.5. The number of amides is 1. The lowest BCUT2D eigenvalue weighted by Gasteiger charge is -2.05. The van der Waals surface area contributed by atoms with Gasteiger partial charge in [0, 0.05) is 16.6 Å². The number of thioether (sulfide) groups is 1. The van der Waals surface area contributed by atoms with E-state index in [-0.39, 0.29) is 17.2 Å². The summed E-state index contributed by atoms with van der Waals surface area (Å²) in [6.45, 7) is 0. The molecule has 0 fully saturated rings. The van der Waals surface area contributed by atoms with E-state index in [1.54, 1.807) is 40.5 Å². The predicted octanol–water partition coefficient (Wildman–Crippen LogP) is 2.95. The van der Waals surface area contributed by atoms with Gasteiger partial charge in [-0.25, -0.2) is 14.6 Å². The van der Waals surface area contributed by atoms with Gasteiger partial charge in [-0.1, -0.05) is 23.4 Å². The van der Waals surface area contributed by atoms with E-state index < -0.39 is 0 Å². The van der Waals surface area contributed by atoms with Crippen LogP contribution >= 0.6 is 34.7 Å². The Hall–Kier alpha value is -2.69. The first kappa shape index (κ1) is 17.7. The number of aromatic amines is 1. The summed E-state index contributed by atoms with van der Waals surface area (Å²) in [4.78, 5) is 35.4. The Morgan fingerprint density at radius 3 is 2.89 bits per heavy atom. The number of halogens is 1. The molecule has 4 rings (SSSR count).